The van der Waals surface area contributed by atoms with E-state index in [1.54, 1.807) is 11.8 Å². The summed E-state index contributed by atoms with van der Waals surface area (Å²) in [5.74, 6) is 0.418. The third kappa shape index (κ3) is 7.86. The molecule has 1 fully saturated rings. The minimum absolute atomic E-state index is 0.0961. The van der Waals surface area contributed by atoms with Crippen molar-refractivity contribution in [3.63, 3.8) is 0 Å². The van der Waals surface area contributed by atoms with E-state index < -0.39 is 5.97 Å². The summed E-state index contributed by atoms with van der Waals surface area (Å²) in [6, 6.07) is 23.4. The van der Waals surface area contributed by atoms with Gasteiger partial charge < -0.3 is 14.2 Å². The first-order valence-electron chi connectivity index (χ1n) is 12.6. The SMILES string of the molecule is CCOC(=O)COc1c(I)cc(/C=C2/SC(=Nc3ccccc3)N(CCc3ccccc3)C2=O)cc1OCC. The molecule has 0 aliphatic carbocycles. The van der Waals surface area contributed by atoms with Crippen LogP contribution < -0.4 is 9.47 Å². The molecule has 1 amide bonds. The predicted molar refractivity (Wildman–Crippen MR) is 163 cm³/mol. The molecule has 0 aromatic heterocycles. The Morgan fingerprint density at radius 2 is 1.72 bits per heavy atom. The number of amides is 1. The van der Waals surface area contributed by atoms with Crippen LogP contribution in [0.5, 0.6) is 11.5 Å². The topological polar surface area (TPSA) is 77.4 Å². The molecule has 0 radical (unpaired) electrons. The standard InChI is InChI=1S/C30H29IN2O5S/c1-3-36-25-18-22(17-24(31)28(25)38-20-27(34)37-4-2)19-26-29(35)33(16-15-21-11-7-5-8-12-21)30(39-26)32-23-13-9-6-10-14-23/h5-14,17-19H,3-4,15-16,20H2,1-2H3/b26-19+,32-30?. The van der Waals surface area contributed by atoms with E-state index in [2.05, 4.69) is 34.7 Å². The minimum Gasteiger partial charge on any atom is -0.490 e. The van der Waals surface area contributed by atoms with Crippen LogP contribution in [0.2, 0.25) is 0 Å². The number of esters is 1. The summed E-state index contributed by atoms with van der Waals surface area (Å²) in [7, 11) is 0. The van der Waals surface area contributed by atoms with Crippen LogP contribution in [0.15, 0.2) is 82.7 Å². The van der Waals surface area contributed by atoms with E-state index in [4.69, 9.17) is 19.2 Å². The molecule has 3 aromatic carbocycles. The number of benzene rings is 3. The Morgan fingerprint density at radius 1 is 1.00 bits per heavy atom. The van der Waals surface area contributed by atoms with Crippen LogP contribution in [-0.4, -0.2) is 48.3 Å². The first-order chi connectivity index (χ1) is 19.0. The molecule has 1 aliphatic rings. The van der Waals surface area contributed by atoms with Gasteiger partial charge in [0, 0.05) is 6.54 Å². The lowest BCUT2D eigenvalue weighted by atomic mass is 10.1. The number of halogens is 1. The maximum Gasteiger partial charge on any atom is 0.344 e. The molecule has 9 heteroatoms. The van der Waals surface area contributed by atoms with Gasteiger partial charge in [0.1, 0.15) is 0 Å². The van der Waals surface area contributed by atoms with Crippen LogP contribution in [0.3, 0.4) is 0 Å². The van der Waals surface area contributed by atoms with Crippen molar-refractivity contribution in [1.29, 1.82) is 0 Å². The van der Waals surface area contributed by atoms with Crippen LogP contribution in [0.25, 0.3) is 6.08 Å². The molecule has 1 heterocycles. The van der Waals surface area contributed by atoms with Crippen LogP contribution in [0, 0.1) is 3.57 Å². The second-order valence-electron chi connectivity index (χ2n) is 8.39. The number of carbonyl (C=O) groups excluding carboxylic acids is 2. The van der Waals surface area contributed by atoms with E-state index in [0.717, 1.165) is 20.4 Å². The maximum absolute atomic E-state index is 13.6. The lowest BCUT2D eigenvalue weighted by molar-refractivity contribution is -0.145. The molecule has 3 aromatic rings. The third-order valence-corrected chi connectivity index (χ3v) is 7.41. The summed E-state index contributed by atoms with van der Waals surface area (Å²) in [6.07, 6.45) is 2.56. The molecule has 0 atom stereocenters. The van der Waals surface area contributed by atoms with E-state index in [1.165, 1.54) is 11.8 Å². The molecule has 0 N–H and O–H groups in total. The van der Waals surface area contributed by atoms with Gasteiger partial charge in [0.25, 0.3) is 5.91 Å². The summed E-state index contributed by atoms with van der Waals surface area (Å²) in [5, 5.41) is 0.641. The molecule has 1 aliphatic heterocycles. The van der Waals surface area contributed by atoms with Crippen molar-refractivity contribution in [2.45, 2.75) is 20.3 Å². The number of thioether (sulfide) groups is 1. The Hall–Kier alpha value is -3.31. The molecule has 39 heavy (non-hydrogen) atoms. The van der Waals surface area contributed by atoms with Crippen LogP contribution in [-0.2, 0) is 20.7 Å². The fourth-order valence-corrected chi connectivity index (χ4v) is 5.65. The number of para-hydroxylation sites is 1. The van der Waals surface area contributed by atoms with Gasteiger partial charge in [-0.1, -0.05) is 48.5 Å². The zero-order chi connectivity index (χ0) is 27.6. The highest BCUT2D eigenvalue weighted by molar-refractivity contribution is 14.1. The first kappa shape index (κ1) is 28.7. The van der Waals surface area contributed by atoms with Gasteiger partial charge in [-0.25, -0.2) is 9.79 Å². The smallest absolute Gasteiger partial charge is 0.344 e. The van der Waals surface area contributed by atoms with Crippen LogP contribution in [0.1, 0.15) is 25.0 Å². The third-order valence-electron chi connectivity index (χ3n) is 5.61. The summed E-state index contributed by atoms with van der Waals surface area (Å²) < 4.78 is 17.3. The number of ether oxygens (including phenoxy) is 3. The number of carbonyl (C=O) groups is 2. The molecule has 0 saturated carbocycles. The Balaban J connectivity index is 1.62. The lowest BCUT2D eigenvalue weighted by Gasteiger charge is -2.15. The van der Waals surface area contributed by atoms with Gasteiger partial charge in [0.2, 0.25) is 0 Å². The molecule has 0 bridgehead atoms. The average Bonchev–Trinajstić information content (AvgIpc) is 3.21. The highest BCUT2D eigenvalue weighted by Gasteiger charge is 2.33. The Bertz CT molecular complexity index is 1360. The second-order valence-corrected chi connectivity index (χ2v) is 10.6. The number of aliphatic imine (C=N–C) groups is 1. The number of hydrogen-bond donors (Lipinski definition) is 0. The summed E-state index contributed by atoms with van der Waals surface area (Å²) >= 11 is 3.49. The maximum atomic E-state index is 13.6. The van der Waals surface area contributed by atoms with Crippen molar-refractivity contribution in [3.8, 4) is 11.5 Å². The Morgan fingerprint density at radius 3 is 2.41 bits per heavy atom. The molecule has 1 saturated heterocycles. The second kappa shape index (κ2) is 14.2. The monoisotopic (exact) mass is 656 g/mol. The molecular formula is C30H29IN2O5S. The predicted octanol–water partition coefficient (Wildman–Crippen LogP) is 6.48. The molecule has 202 valence electrons. The van der Waals surface area contributed by atoms with Gasteiger partial charge >= 0.3 is 5.97 Å². The van der Waals surface area contributed by atoms with E-state index in [0.29, 0.717) is 41.1 Å². The summed E-state index contributed by atoms with van der Waals surface area (Å²) in [6.45, 7) is 4.63. The van der Waals surface area contributed by atoms with Crippen molar-refractivity contribution in [2.24, 2.45) is 4.99 Å². The zero-order valence-electron chi connectivity index (χ0n) is 21.8. The van der Waals surface area contributed by atoms with Gasteiger partial charge in [-0.05, 0) is 96.1 Å². The molecule has 7 nitrogen and oxygen atoms in total. The van der Waals surface area contributed by atoms with Crippen LogP contribution in [0.4, 0.5) is 5.69 Å². The lowest BCUT2D eigenvalue weighted by Crippen LogP contribution is -2.31. The fraction of sp³-hybridized carbons (Fsp3) is 0.233. The van der Waals surface area contributed by atoms with E-state index in [-0.39, 0.29) is 19.1 Å². The summed E-state index contributed by atoms with van der Waals surface area (Å²) in [5.41, 5.74) is 2.72. The van der Waals surface area contributed by atoms with E-state index in [9.17, 15) is 9.59 Å². The number of hydrogen-bond acceptors (Lipinski definition) is 7. The highest BCUT2D eigenvalue weighted by atomic mass is 127. The molecular weight excluding hydrogens is 627 g/mol. The van der Waals surface area contributed by atoms with Gasteiger partial charge in [-0.15, -0.1) is 0 Å². The number of rotatable bonds is 11. The number of amidine groups is 1. The average molecular weight is 657 g/mol. The van der Waals surface area contributed by atoms with E-state index in [1.807, 2.05) is 73.7 Å². The van der Waals surface area contributed by atoms with E-state index >= 15 is 0 Å². The molecule has 0 unspecified atom stereocenters. The fourth-order valence-electron chi connectivity index (χ4n) is 3.85. The first-order valence-corrected chi connectivity index (χ1v) is 14.5. The largest absolute Gasteiger partial charge is 0.490 e. The Kier molecular flexibility index (Phi) is 10.4. The van der Waals surface area contributed by atoms with Crippen molar-refractivity contribution in [1.82, 2.24) is 4.90 Å². The summed E-state index contributed by atoms with van der Waals surface area (Å²) in [4.78, 5) is 32.5. The van der Waals surface area contributed by atoms with Crippen LogP contribution >= 0.6 is 34.4 Å². The minimum atomic E-state index is -0.448. The van der Waals surface area contributed by atoms with Crippen molar-refractivity contribution >= 4 is 63.2 Å². The van der Waals surface area contributed by atoms with Crippen molar-refractivity contribution in [3.05, 3.63) is 92.4 Å². The normalized spacial score (nSPS) is 15.2. The highest BCUT2D eigenvalue weighted by Crippen LogP contribution is 2.38. The van der Waals surface area contributed by atoms with Gasteiger partial charge in [0.15, 0.2) is 23.3 Å². The quantitative estimate of drug-likeness (QED) is 0.134. The van der Waals surface area contributed by atoms with Gasteiger partial charge in [-0.2, -0.15) is 0 Å². The van der Waals surface area contributed by atoms with Gasteiger partial charge in [-0.3, -0.25) is 9.69 Å². The Labute approximate surface area is 246 Å². The molecule has 4 rings (SSSR count). The number of nitrogens with zero attached hydrogens (tertiary/aromatic N) is 2. The van der Waals surface area contributed by atoms with Crippen molar-refractivity contribution < 1.29 is 23.8 Å². The zero-order valence-corrected chi connectivity index (χ0v) is 24.7. The van der Waals surface area contributed by atoms with Crippen molar-refractivity contribution in [2.75, 3.05) is 26.4 Å². The van der Waals surface area contributed by atoms with Gasteiger partial charge in [0.05, 0.1) is 27.4 Å². The molecule has 0 spiro atoms.